The van der Waals surface area contributed by atoms with E-state index in [2.05, 4.69) is 0 Å². The molecule has 0 fully saturated rings. The molecule has 2 aromatic rings. The molecule has 1 atom stereocenters. The zero-order chi connectivity index (χ0) is 18.0. The number of halogens is 3. The van der Waals surface area contributed by atoms with Gasteiger partial charge in [-0.2, -0.15) is 13.2 Å². The predicted octanol–water partition coefficient (Wildman–Crippen LogP) is 5.58. The summed E-state index contributed by atoms with van der Waals surface area (Å²) in [5.41, 5.74) is 0.251. The van der Waals surface area contributed by atoms with E-state index in [-0.39, 0.29) is 11.3 Å². The largest absolute Gasteiger partial charge is 0.496 e. The standard InChI is InChI=1S/C18H13F3O2S2/c1-23-13-7-6-11(10-12-4-2-8-24-12)15(14-5-3-9-25-14)16(13)17(22)18(19,20)21/h2-10,15H,1H3/b11-10+/t15-/m0/s1. The highest BCUT2D eigenvalue weighted by atomic mass is 32.1. The van der Waals surface area contributed by atoms with Crippen molar-refractivity contribution in [3.63, 3.8) is 0 Å². The number of rotatable bonds is 4. The van der Waals surface area contributed by atoms with Crippen molar-refractivity contribution in [2.75, 3.05) is 7.11 Å². The second kappa shape index (κ2) is 7.01. The molecule has 0 saturated heterocycles. The highest BCUT2D eigenvalue weighted by molar-refractivity contribution is 7.11. The Morgan fingerprint density at radius 2 is 1.88 bits per heavy atom. The van der Waals surface area contributed by atoms with Crippen LogP contribution in [0.15, 0.2) is 64.1 Å². The molecule has 7 heteroatoms. The number of thiophene rings is 2. The van der Waals surface area contributed by atoms with Gasteiger partial charge in [0.2, 0.25) is 0 Å². The lowest BCUT2D eigenvalue weighted by Crippen LogP contribution is -2.30. The molecule has 2 nitrogen and oxygen atoms in total. The Labute approximate surface area is 150 Å². The molecule has 0 N–H and O–H groups in total. The third kappa shape index (κ3) is 3.62. The van der Waals surface area contributed by atoms with Crippen molar-refractivity contribution in [2.45, 2.75) is 12.1 Å². The smallest absolute Gasteiger partial charge is 0.454 e. The normalized spacial score (nSPS) is 19.5. The summed E-state index contributed by atoms with van der Waals surface area (Å²) >= 11 is 2.79. The predicted molar refractivity (Wildman–Crippen MR) is 93.6 cm³/mol. The van der Waals surface area contributed by atoms with Crippen molar-refractivity contribution in [3.05, 3.63) is 73.8 Å². The summed E-state index contributed by atoms with van der Waals surface area (Å²) < 4.78 is 44.6. The monoisotopic (exact) mass is 382 g/mol. The molecule has 130 valence electrons. The van der Waals surface area contributed by atoms with E-state index in [9.17, 15) is 18.0 Å². The molecule has 0 aliphatic heterocycles. The number of ketones is 1. The van der Waals surface area contributed by atoms with Crippen LogP contribution in [-0.4, -0.2) is 19.1 Å². The van der Waals surface area contributed by atoms with Gasteiger partial charge in [-0.15, -0.1) is 22.7 Å². The Morgan fingerprint density at radius 1 is 1.16 bits per heavy atom. The van der Waals surface area contributed by atoms with Gasteiger partial charge in [0.15, 0.2) is 0 Å². The zero-order valence-electron chi connectivity index (χ0n) is 13.0. The van der Waals surface area contributed by atoms with Crippen LogP contribution < -0.4 is 0 Å². The van der Waals surface area contributed by atoms with Gasteiger partial charge >= 0.3 is 6.18 Å². The Hall–Kier alpha value is -2.12. The maximum atomic E-state index is 13.2. The summed E-state index contributed by atoms with van der Waals surface area (Å²) in [6.45, 7) is 0. The van der Waals surface area contributed by atoms with E-state index >= 15 is 0 Å². The van der Waals surface area contributed by atoms with Crippen LogP contribution in [0.1, 0.15) is 15.7 Å². The van der Waals surface area contributed by atoms with Gasteiger partial charge in [0, 0.05) is 9.75 Å². The van der Waals surface area contributed by atoms with Gasteiger partial charge in [0.1, 0.15) is 5.76 Å². The van der Waals surface area contributed by atoms with Crippen molar-refractivity contribution in [1.82, 2.24) is 0 Å². The van der Waals surface area contributed by atoms with Crippen molar-refractivity contribution < 1.29 is 22.7 Å². The molecule has 25 heavy (non-hydrogen) atoms. The zero-order valence-corrected chi connectivity index (χ0v) is 14.7. The maximum absolute atomic E-state index is 13.2. The molecule has 0 spiro atoms. The van der Waals surface area contributed by atoms with Crippen LogP contribution in [0.25, 0.3) is 6.08 Å². The van der Waals surface area contributed by atoms with Gasteiger partial charge in [-0.1, -0.05) is 18.2 Å². The molecule has 3 rings (SSSR count). The second-order valence-corrected chi connectivity index (χ2v) is 7.21. The number of ether oxygens (including phenoxy) is 1. The number of Topliss-reactive ketones (excluding diaryl/α,β-unsaturated/α-hetero) is 1. The molecule has 1 aliphatic rings. The van der Waals surface area contributed by atoms with Crippen LogP contribution in [0, 0.1) is 0 Å². The van der Waals surface area contributed by atoms with E-state index in [1.807, 2.05) is 23.6 Å². The average molecular weight is 382 g/mol. The Balaban J connectivity index is 2.18. The third-order valence-electron chi connectivity index (χ3n) is 3.72. The molecular formula is C18H13F3O2S2. The lowest BCUT2D eigenvalue weighted by atomic mass is 9.82. The fourth-order valence-corrected chi connectivity index (χ4v) is 4.21. The van der Waals surface area contributed by atoms with Gasteiger partial charge in [-0.25, -0.2) is 0 Å². The van der Waals surface area contributed by atoms with E-state index in [4.69, 9.17) is 4.74 Å². The van der Waals surface area contributed by atoms with Crippen molar-refractivity contribution in [3.8, 4) is 0 Å². The summed E-state index contributed by atoms with van der Waals surface area (Å²) in [5, 5.41) is 3.66. The van der Waals surface area contributed by atoms with Gasteiger partial charge in [0.25, 0.3) is 5.78 Å². The van der Waals surface area contributed by atoms with Crippen LogP contribution in [-0.2, 0) is 9.53 Å². The minimum Gasteiger partial charge on any atom is -0.496 e. The number of hydrogen-bond donors (Lipinski definition) is 0. The highest BCUT2D eigenvalue weighted by Crippen LogP contribution is 2.43. The summed E-state index contributed by atoms with van der Waals surface area (Å²) in [4.78, 5) is 13.7. The SMILES string of the molecule is COC1=C(C(=O)C(F)(F)F)[C@H](c2cccs2)/C(=C/c2cccs2)C=C1. The summed E-state index contributed by atoms with van der Waals surface area (Å²) in [5.74, 6) is -2.73. The topological polar surface area (TPSA) is 26.3 Å². The van der Waals surface area contributed by atoms with Gasteiger partial charge in [0.05, 0.1) is 18.6 Å². The number of alkyl halides is 3. The van der Waals surface area contributed by atoms with Crippen LogP contribution in [0.4, 0.5) is 13.2 Å². The van der Waals surface area contributed by atoms with E-state index in [0.717, 1.165) is 4.88 Å². The maximum Gasteiger partial charge on any atom is 0.454 e. The first-order valence-corrected chi connectivity index (χ1v) is 9.04. The van der Waals surface area contributed by atoms with Crippen molar-refractivity contribution in [2.24, 2.45) is 0 Å². The molecule has 0 radical (unpaired) electrons. The molecule has 0 bridgehead atoms. The lowest BCUT2D eigenvalue weighted by molar-refractivity contribution is -0.167. The molecule has 0 aromatic carbocycles. The molecule has 2 heterocycles. The van der Waals surface area contributed by atoms with E-state index in [0.29, 0.717) is 10.5 Å². The van der Waals surface area contributed by atoms with Crippen LogP contribution in [0.5, 0.6) is 0 Å². The minimum absolute atomic E-state index is 0.0518. The average Bonchev–Trinajstić information content (AvgIpc) is 3.26. The molecule has 1 aliphatic carbocycles. The minimum atomic E-state index is -4.96. The fourth-order valence-electron chi connectivity index (χ4n) is 2.67. The van der Waals surface area contributed by atoms with Gasteiger partial charge in [-0.05, 0) is 40.6 Å². The first kappa shape index (κ1) is 17.7. The Kier molecular flexibility index (Phi) is 4.96. The number of allylic oxidation sites excluding steroid dienone is 4. The Morgan fingerprint density at radius 3 is 2.44 bits per heavy atom. The molecule has 2 aromatic heterocycles. The molecule has 0 amide bonds. The van der Waals surface area contributed by atoms with Crippen LogP contribution in [0.3, 0.4) is 0 Å². The third-order valence-corrected chi connectivity index (χ3v) is 5.47. The summed E-state index contributed by atoms with van der Waals surface area (Å²) in [7, 11) is 1.27. The van der Waals surface area contributed by atoms with Gasteiger partial charge < -0.3 is 4.74 Å². The second-order valence-electron chi connectivity index (χ2n) is 5.25. The first-order valence-electron chi connectivity index (χ1n) is 7.28. The number of carbonyl (C=O) groups is 1. The molecule has 0 saturated carbocycles. The number of hydrogen-bond acceptors (Lipinski definition) is 4. The van der Waals surface area contributed by atoms with Crippen LogP contribution >= 0.6 is 22.7 Å². The lowest BCUT2D eigenvalue weighted by Gasteiger charge is -2.26. The summed E-state index contributed by atoms with van der Waals surface area (Å²) in [6, 6.07) is 7.22. The first-order chi connectivity index (χ1) is 11.9. The van der Waals surface area contributed by atoms with Crippen LogP contribution in [0.2, 0.25) is 0 Å². The van der Waals surface area contributed by atoms with Gasteiger partial charge in [-0.3, -0.25) is 4.79 Å². The molecular weight excluding hydrogens is 369 g/mol. The van der Waals surface area contributed by atoms with E-state index < -0.39 is 17.9 Å². The molecule has 0 unspecified atom stereocenters. The fraction of sp³-hybridized carbons (Fsp3) is 0.167. The van der Waals surface area contributed by atoms with E-state index in [1.54, 1.807) is 23.6 Å². The Bertz CT molecular complexity index is 842. The number of carbonyl (C=O) groups excluding carboxylic acids is 1. The number of methoxy groups -OCH3 is 1. The quantitative estimate of drug-likeness (QED) is 0.690. The van der Waals surface area contributed by atoms with E-state index in [1.165, 1.54) is 35.9 Å². The summed E-state index contributed by atoms with van der Waals surface area (Å²) in [6.07, 6.45) is -0.0336. The highest BCUT2D eigenvalue weighted by Gasteiger charge is 2.46. The van der Waals surface area contributed by atoms with Crippen molar-refractivity contribution in [1.29, 1.82) is 0 Å². The van der Waals surface area contributed by atoms with Crippen molar-refractivity contribution >= 4 is 34.5 Å².